The Morgan fingerprint density at radius 2 is 1.75 bits per heavy atom. The van der Waals surface area contributed by atoms with Gasteiger partial charge in [-0.15, -0.1) is 0 Å². The van der Waals surface area contributed by atoms with Gasteiger partial charge in [0.1, 0.15) is 11.5 Å². The molecular weight excluding hydrogens is 328 g/mol. The van der Waals surface area contributed by atoms with E-state index in [1.54, 1.807) is 18.3 Å². The predicted molar refractivity (Wildman–Crippen MR) is 91.9 cm³/mol. The fourth-order valence-corrected chi connectivity index (χ4v) is 4.07. The van der Waals surface area contributed by atoms with Crippen molar-refractivity contribution in [1.82, 2.24) is 4.98 Å². The number of fused-ring (bicyclic) bond motifs is 2. The van der Waals surface area contributed by atoms with E-state index in [2.05, 4.69) is 9.71 Å². The molecule has 1 aliphatic rings. The fourth-order valence-electron chi connectivity index (χ4n) is 2.75. The second-order valence-corrected chi connectivity index (χ2v) is 7.10. The third-order valence-electron chi connectivity index (χ3n) is 3.85. The largest absolute Gasteiger partial charge is 0.508 e. The van der Waals surface area contributed by atoms with Gasteiger partial charge in [0.15, 0.2) is 0 Å². The summed E-state index contributed by atoms with van der Waals surface area (Å²) >= 11 is 0. The number of hydrogen-bond donors (Lipinski definition) is 3. The lowest BCUT2D eigenvalue weighted by Crippen LogP contribution is -2.05. The lowest BCUT2D eigenvalue weighted by molar-refractivity contribution is 0.475. The van der Waals surface area contributed by atoms with Crippen LogP contribution in [-0.2, 0) is 10.0 Å². The van der Waals surface area contributed by atoms with Crippen LogP contribution in [0.3, 0.4) is 0 Å². The smallest absolute Gasteiger partial charge is 0.262 e. The molecule has 1 aliphatic heterocycles. The third-order valence-corrected chi connectivity index (χ3v) is 5.25. The summed E-state index contributed by atoms with van der Waals surface area (Å²) in [6.07, 6.45) is 3.08. The zero-order valence-corrected chi connectivity index (χ0v) is 13.1. The molecule has 0 aliphatic carbocycles. The minimum absolute atomic E-state index is 0.0111. The predicted octanol–water partition coefficient (Wildman–Crippen LogP) is 2.90. The van der Waals surface area contributed by atoms with E-state index in [-0.39, 0.29) is 16.4 Å². The normalized spacial score (nSPS) is 16.9. The van der Waals surface area contributed by atoms with E-state index in [1.165, 1.54) is 36.4 Å². The average molecular weight is 340 g/mol. The fraction of sp³-hybridized carbons (Fsp3) is 0. The molecule has 7 heteroatoms. The molecule has 3 N–H and O–H groups in total. The highest BCUT2D eigenvalue weighted by Crippen LogP contribution is 2.40. The lowest BCUT2D eigenvalue weighted by atomic mass is 10.1. The topological polar surface area (TPSA) is 99.5 Å². The molecular formula is C17H12N2O4S. The quantitative estimate of drug-likeness (QED) is 0.592. The number of aromatic hydroxyl groups is 2. The van der Waals surface area contributed by atoms with Crippen LogP contribution < -0.4 is 4.72 Å². The van der Waals surface area contributed by atoms with Gasteiger partial charge in [0.05, 0.1) is 16.1 Å². The van der Waals surface area contributed by atoms with Crippen LogP contribution >= 0.6 is 0 Å². The molecule has 0 bridgehead atoms. The monoisotopic (exact) mass is 340 g/mol. The first-order valence-electron chi connectivity index (χ1n) is 7.10. The van der Waals surface area contributed by atoms with Gasteiger partial charge in [-0.25, -0.2) is 8.42 Å². The van der Waals surface area contributed by atoms with Gasteiger partial charge >= 0.3 is 0 Å². The maximum absolute atomic E-state index is 12.4. The number of phenols is 2. The van der Waals surface area contributed by atoms with Crippen LogP contribution in [0.1, 0.15) is 11.1 Å². The molecule has 0 atom stereocenters. The Hall–Kier alpha value is -3.06. The number of nitrogens with one attached hydrogen (secondary N) is 1. The van der Waals surface area contributed by atoms with Crippen molar-refractivity contribution in [2.45, 2.75) is 0 Å². The Labute approximate surface area is 137 Å². The molecule has 0 amide bonds. The first kappa shape index (κ1) is 14.5. The molecule has 24 heavy (non-hydrogen) atoms. The minimum atomic E-state index is -3.71. The Balaban J connectivity index is 1.98. The van der Waals surface area contributed by atoms with Gasteiger partial charge in [-0.05, 0) is 48.0 Å². The molecule has 6 nitrogen and oxygen atoms in total. The van der Waals surface area contributed by atoms with Crippen molar-refractivity contribution in [3.63, 3.8) is 0 Å². The highest BCUT2D eigenvalue weighted by Gasteiger charge is 2.30. The van der Waals surface area contributed by atoms with Crippen molar-refractivity contribution in [3.8, 4) is 11.5 Å². The summed E-state index contributed by atoms with van der Waals surface area (Å²) in [5, 5.41) is 19.9. The van der Waals surface area contributed by atoms with Crippen molar-refractivity contribution in [1.29, 1.82) is 0 Å². The van der Waals surface area contributed by atoms with Gasteiger partial charge in [0.2, 0.25) is 0 Å². The van der Waals surface area contributed by atoms with Crippen molar-refractivity contribution in [2.24, 2.45) is 0 Å². The van der Waals surface area contributed by atoms with Crippen molar-refractivity contribution in [2.75, 3.05) is 4.72 Å². The van der Waals surface area contributed by atoms with Crippen LogP contribution in [0.15, 0.2) is 48.7 Å². The van der Waals surface area contributed by atoms with Crippen LogP contribution in [0.5, 0.6) is 11.5 Å². The number of aromatic nitrogens is 1. The van der Waals surface area contributed by atoms with E-state index in [0.29, 0.717) is 27.7 Å². The van der Waals surface area contributed by atoms with Gasteiger partial charge in [-0.1, -0.05) is 0 Å². The first-order valence-corrected chi connectivity index (χ1v) is 8.58. The number of benzene rings is 2. The molecule has 120 valence electrons. The van der Waals surface area contributed by atoms with Gasteiger partial charge in [-0.2, -0.15) is 0 Å². The number of pyridine rings is 1. The second-order valence-electron chi connectivity index (χ2n) is 5.45. The van der Waals surface area contributed by atoms with Crippen LogP contribution in [0.4, 0.5) is 5.69 Å². The van der Waals surface area contributed by atoms with E-state index in [4.69, 9.17) is 0 Å². The van der Waals surface area contributed by atoms with E-state index >= 15 is 0 Å². The molecule has 1 aromatic heterocycles. The molecule has 0 saturated heterocycles. The summed E-state index contributed by atoms with van der Waals surface area (Å²) in [5.74, 6) is 0.0771. The van der Waals surface area contributed by atoms with Crippen LogP contribution in [-0.4, -0.2) is 23.6 Å². The summed E-state index contributed by atoms with van der Waals surface area (Å²) in [5.41, 5.74) is 2.05. The Bertz CT molecular complexity index is 1120. The first-order chi connectivity index (χ1) is 11.4. The van der Waals surface area contributed by atoms with Crippen LogP contribution in [0, 0.1) is 0 Å². The van der Waals surface area contributed by atoms with E-state index in [0.717, 1.165) is 0 Å². The van der Waals surface area contributed by atoms with Crippen molar-refractivity contribution >= 4 is 37.6 Å². The molecule has 4 rings (SSSR count). The summed E-state index contributed by atoms with van der Waals surface area (Å²) in [6.45, 7) is 0. The SMILES string of the molecule is O=S1(=O)Nc2ccc(O)cc2C1=Cc1ccnc2cc(O)ccc12. The molecule has 0 saturated carbocycles. The zero-order valence-electron chi connectivity index (χ0n) is 12.3. The van der Waals surface area contributed by atoms with Gasteiger partial charge < -0.3 is 10.2 Å². The van der Waals surface area contributed by atoms with Crippen molar-refractivity contribution in [3.05, 3.63) is 59.8 Å². The molecule has 0 fully saturated rings. The molecule has 0 radical (unpaired) electrons. The maximum Gasteiger partial charge on any atom is 0.262 e. The molecule has 2 heterocycles. The number of sulfonamides is 1. The summed E-state index contributed by atoms with van der Waals surface area (Å²) in [6, 6.07) is 10.8. The minimum Gasteiger partial charge on any atom is -0.508 e. The standard InChI is InChI=1S/C17H12N2O4S/c20-11-2-4-15-14(8-11)17(24(22,23)19-15)7-10-5-6-18-16-9-12(21)1-3-13(10)16/h1-9,19-21H. The number of phenolic OH excluding ortho intramolecular Hbond substituents is 2. The number of hydrogen-bond acceptors (Lipinski definition) is 5. The summed E-state index contributed by atoms with van der Waals surface area (Å²) in [7, 11) is -3.71. The Morgan fingerprint density at radius 3 is 2.58 bits per heavy atom. The number of anilines is 1. The van der Waals surface area contributed by atoms with Crippen molar-refractivity contribution < 1.29 is 18.6 Å². The number of nitrogens with zero attached hydrogens (tertiary/aromatic N) is 1. The molecule has 0 unspecified atom stereocenters. The zero-order chi connectivity index (χ0) is 16.9. The van der Waals surface area contributed by atoms with E-state index in [9.17, 15) is 18.6 Å². The molecule has 2 aromatic carbocycles. The highest BCUT2D eigenvalue weighted by atomic mass is 32.2. The molecule has 3 aromatic rings. The maximum atomic E-state index is 12.4. The second kappa shape index (κ2) is 4.97. The van der Waals surface area contributed by atoms with Crippen LogP contribution in [0.2, 0.25) is 0 Å². The third kappa shape index (κ3) is 2.26. The Morgan fingerprint density at radius 1 is 1.00 bits per heavy atom. The molecule has 0 spiro atoms. The Kier molecular flexibility index (Phi) is 3.01. The summed E-state index contributed by atoms with van der Waals surface area (Å²) < 4.78 is 27.3. The van der Waals surface area contributed by atoms with Gasteiger partial charge in [0, 0.05) is 23.2 Å². The van der Waals surface area contributed by atoms with Gasteiger partial charge in [-0.3, -0.25) is 9.71 Å². The number of rotatable bonds is 1. The van der Waals surface area contributed by atoms with Crippen LogP contribution in [0.25, 0.3) is 21.9 Å². The highest BCUT2D eigenvalue weighted by molar-refractivity contribution is 8.02. The average Bonchev–Trinajstić information content (AvgIpc) is 2.77. The van der Waals surface area contributed by atoms with Gasteiger partial charge in [0.25, 0.3) is 10.0 Å². The summed E-state index contributed by atoms with van der Waals surface area (Å²) in [4.78, 5) is 4.26. The lowest BCUT2D eigenvalue weighted by Gasteiger charge is -2.04. The van der Waals surface area contributed by atoms with E-state index in [1.807, 2.05) is 0 Å². The van der Waals surface area contributed by atoms with E-state index < -0.39 is 10.0 Å².